The summed E-state index contributed by atoms with van der Waals surface area (Å²) in [7, 11) is -3.64. The first-order chi connectivity index (χ1) is 13.4. The molecule has 1 aliphatic rings. The minimum absolute atomic E-state index is 0.102. The molecule has 7 nitrogen and oxygen atoms in total. The molecular formula is C20H21N3O4S. The van der Waals surface area contributed by atoms with Crippen molar-refractivity contribution in [3.63, 3.8) is 0 Å². The summed E-state index contributed by atoms with van der Waals surface area (Å²) >= 11 is 0. The number of benzene rings is 2. The molecule has 0 saturated carbocycles. The van der Waals surface area contributed by atoms with Crippen LogP contribution in [0, 0.1) is 17.2 Å². The van der Waals surface area contributed by atoms with Gasteiger partial charge >= 0.3 is 0 Å². The fraction of sp³-hybridized carbons (Fsp3) is 0.300. The number of nitriles is 1. The minimum atomic E-state index is -3.64. The van der Waals surface area contributed by atoms with Crippen LogP contribution in [0.4, 0.5) is 5.69 Å². The van der Waals surface area contributed by atoms with Crippen LogP contribution >= 0.6 is 0 Å². The van der Waals surface area contributed by atoms with Gasteiger partial charge in [-0.05, 0) is 54.8 Å². The van der Waals surface area contributed by atoms with Gasteiger partial charge in [-0.2, -0.15) is 9.57 Å². The maximum absolute atomic E-state index is 12.7. The van der Waals surface area contributed by atoms with E-state index in [2.05, 4.69) is 5.32 Å². The molecular weight excluding hydrogens is 378 g/mol. The highest BCUT2D eigenvalue weighted by atomic mass is 32.2. The Kier molecular flexibility index (Phi) is 6.09. The van der Waals surface area contributed by atoms with E-state index in [1.54, 1.807) is 24.3 Å². The first-order valence-corrected chi connectivity index (χ1v) is 10.4. The van der Waals surface area contributed by atoms with E-state index < -0.39 is 10.0 Å². The smallest absolute Gasteiger partial charge is 0.243 e. The molecule has 2 aromatic carbocycles. The molecule has 3 rings (SSSR count). The van der Waals surface area contributed by atoms with Crippen molar-refractivity contribution in [2.24, 2.45) is 5.92 Å². The van der Waals surface area contributed by atoms with Gasteiger partial charge in [0.25, 0.3) is 0 Å². The van der Waals surface area contributed by atoms with Crippen LogP contribution in [0.15, 0.2) is 53.4 Å². The van der Waals surface area contributed by atoms with Gasteiger partial charge in [-0.25, -0.2) is 8.42 Å². The van der Waals surface area contributed by atoms with Crippen LogP contribution in [0.1, 0.15) is 24.0 Å². The molecule has 2 N–H and O–H groups in total. The van der Waals surface area contributed by atoms with Crippen molar-refractivity contribution < 1.29 is 18.3 Å². The zero-order valence-corrected chi connectivity index (χ0v) is 16.0. The summed E-state index contributed by atoms with van der Waals surface area (Å²) in [6.07, 6.45) is 0.863. The number of rotatable bonds is 5. The summed E-state index contributed by atoms with van der Waals surface area (Å²) in [5, 5.41) is 20.9. The Hall–Kier alpha value is -2.73. The number of aliphatic hydroxyl groups excluding tert-OH is 1. The summed E-state index contributed by atoms with van der Waals surface area (Å²) in [5.74, 6) is -0.421. The minimum Gasteiger partial charge on any atom is -0.392 e. The lowest BCUT2D eigenvalue weighted by molar-refractivity contribution is -0.120. The summed E-state index contributed by atoms with van der Waals surface area (Å²) in [5.41, 5.74) is 1.73. The van der Waals surface area contributed by atoms with Gasteiger partial charge < -0.3 is 10.4 Å². The number of sulfonamides is 1. The van der Waals surface area contributed by atoms with Gasteiger partial charge in [0.15, 0.2) is 0 Å². The average Bonchev–Trinajstić information content (AvgIpc) is 2.74. The Labute approximate surface area is 164 Å². The normalized spacial score (nSPS) is 15.7. The number of amides is 1. The molecule has 1 heterocycles. The summed E-state index contributed by atoms with van der Waals surface area (Å²) < 4.78 is 26.9. The molecule has 1 fully saturated rings. The standard InChI is InChI=1S/C20H21N3O4S/c21-13-15-4-6-19(7-5-15)28(26,27)23-10-8-17(9-11-23)20(25)22-18-3-1-2-16(12-18)14-24/h1-7,12,17,24H,8-11,14H2,(H,22,25). The van der Waals surface area contributed by atoms with Gasteiger partial charge in [0, 0.05) is 24.7 Å². The van der Waals surface area contributed by atoms with Gasteiger partial charge in [0.2, 0.25) is 15.9 Å². The zero-order valence-electron chi connectivity index (χ0n) is 15.2. The van der Waals surface area contributed by atoms with Crippen LogP contribution in [0.25, 0.3) is 0 Å². The molecule has 1 saturated heterocycles. The van der Waals surface area contributed by atoms with Gasteiger partial charge in [0.05, 0.1) is 23.1 Å². The molecule has 0 unspecified atom stereocenters. The second-order valence-electron chi connectivity index (χ2n) is 6.66. The SMILES string of the molecule is N#Cc1ccc(S(=O)(=O)N2CCC(C(=O)Nc3cccc(CO)c3)CC2)cc1. The summed E-state index contributed by atoms with van der Waals surface area (Å²) in [6, 6.07) is 14.8. The number of nitrogens with zero attached hydrogens (tertiary/aromatic N) is 2. The first-order valence-electron chi connectivity index (χ1n) is 8.95. The molecule has 28 heavy (non-hydrogen) atoms. The fourth-order valence-corrected chi connectivity index (χ4v) is 4.67. The van der Waals surface area contributed by atoms with Crippen molar-refractivity contribution in [1.29, 1.82) is 5.26 Å². The Morgan fingerprint density at radius 2 is 1.86 bits per heavy atom. The Bertz CT molecular complexity index is 989. The third-order valence-corrected chi connectivity index (χ3v) is 6.74. The lowest BCUT2D eigenvalue weighted by Crippen LogP contribution is -2.41. The van der Waals surface area contributed by atoms with E-state index in [1.807, 2.05) is 6.07 Å². The number of nitrogens with one attached hydrogen (secondary N) is 1. The summed E-state index contributed by atoms with van der Waals surface area (Å²) in [4.78, 5) is 12.6. The lowest BCUT2D eigenvalue weighted by Gasteiger charge is -2.30. The van der Waals surface area contributed by atoms with Crippen molar-refractivity contribution in [2.75, 3.05) is 18.4 Å². The van der Waals surface area contributed by atoms with Gasteiger partial charge in [-0.1, -0.05) is 12.1 Å². The second kappa shape index (κ2) is 8.52. The van der Waals surface area contributed by atoms with Crippen molar-refractivity contribution in [3.8, 4) is 6.07 Å². The Balaban J connectivity index is 1.61. The largest absolute Gasteiger partial charge is 0.392 e. The average molecular weight is 399 g/mol. The maximum Gasteiger partial charge on any atom is 0.243 e. The topological polar surface area (TPSA) is 111 Å². The molecule has 8 heteroatoms. The highest BCUT2D eigenvalue weighted by Crippen LogP contribution is 2.25. The first kappa shape index (κ1) is 20.0. The second-order valence-corrected chi connectivity index (χ2v) is 8.60. The van der Waals surface area contributed by atoms with Crippen molar-refractivity contribution in [1.82, 2.24) is 4.31 Å². The number of carbonyl (C=O) groups is 1. The van der Waals surface area contributed by atoms with Gasteiger partial charge in [-0.15, -0.1) is 0 Å². The summed E-state index contributed by atoms with van der Waals surface area (Å²) in [6.45, 7) is 0.420. The van der Waals surface area contributed by atoms with Crippen LogP contribution in [-0.2, 0) is 21.4 Å². The van der Waals surface area contributed by atoms with E-state index in [0.717, 1.165) is 0 Å². The van der Waals surface area contributed by atoms with E-state index in [0.29, 0.717) is 29.7 Å². The highest BCUT2D eigenvalue weighted by molar-refractivity contribution is 7.89. The number of piperidine rings is 1. The van der Waals surface area contributed by atoms with Crippen LogP contribution in [0.2, 0.25) is 0 Å². The molecule has 1 aliphatic heterocycles. The molecule has 0 aliphatic carbocycles. The van der Waals surface area contributed by atoms with Crippen LogP contribution < -0.4 is 5.32 Å². The van der Waals surface area contributed by atoms with E-state index in [1.165, 1.54) is 28.6 Å². The van der Waals surface area contributed by atoms with Crippen molar-refractivity contribution in [2.45, 2.75) is 24.3 Å². The number of aliphatic hydroxyl groups is 1. The molecule has 146 valence electrons. The quantitative estimate of drug-likeness (QED) is 0.800. The number of hydrogen-bond acceptors (Lipinski definition) is 5. The van der Waals surface area contributed by atoms with E-state index >= 15 is 0 Å². The van der Waals surface area contributed by atoms with E-state index in [-0.39, 0.29) is 36.4 Å². The lowest BCUT2D eigenvalue weighted by atomic mass is 9.97. The molecule has 0 atom stereocenters. The Morgan fingerprint density at radius 3 is 2.46 bits per heavy atom. The fourth-order valence-electron chi connectivity index (χ4n) is 3.20. The predicted molar refractivity (Wildman–Crippen MR) is 104 cm³/mol. The molecule has 0 radical (unpaired) electrons. The molecule has 0 spiro atoms. The molecule has 0 bridgehead atoms. The van der Waals surface area contributed by atoms with Gasteiger partial charge in [0.1, 0.15) is 0 Å². The number of anilines is 1. The van der Waals surface area contributed by atoms with Gasteiger partial charge in [-0.3, -0.25) is 4.79 Å². The van der Waals surface area contributed by atoms with Crippen LogP contribution in [0.5, 0.6) is 0 Å². The predicted octanol–water partition coefficient (Wildman–Crippen LogP) is 2.09. The zero-order chi connectivity index (χ0) is 20.1. The number of carbonyl (C=O) groups excluding carboxylic acids is 1. The van der Waals surface area contributed by atoms with Crippen molar-refractivity contribution >= 4 is 21.6 Å². The maximum atomic E-state index is 12.7. The Morgan fingerprint density at radius 1 is 1.18 bits per heavy atom. The molecule has 1 amide bonds. The molecule has 0 aromatic heterocycles. The third-order valence-electron chi connectivity index (χ3n) is 4.82. The molecule has 2 aromatic rings. The van der Waals surface area contributed by atoms with Crippen LogP contribution in [0.3, 0.4) is 0 Å². The monoisotopic (exact) mass is 399 g/mol. The highest BCUT2D eigenvalue weighted by Gasteiger charge is 2.32. The third kappa shape index (κ3) is 4.39. The van der Waals surface area contributed by atoms with E-state index in [4.69, 9.17) is 5.26 Å². The van der Waals surface area contributed by atoms with Crippen LogP contribution in [-0.4, -0.2) is 36.8 Å². The number of hydrogen-bond donors (Lipinski definition) is 2. The van der Waals surface area contributed by atoms with E-state index in [9.17, 15) is 18.3 Å². The van der Waals surface area contributed by atoms with Crippen molar-refractivity contribution in [3.05, 3.63) is 59.7 Å².